The lowest BCUT2D eigenvalue weighted by Gasteiger charge is -2.39. The number of piperidine rings is 1. The van der Waals surface area contributed by atoms with Gasteiger partial charge in [-0.1, -0.05) is 12.1 Å². The smallest absolute Gasteiger partial charge is 0.227 e. The van der Waals surface area contributed by atoms with E-state index < -0.39 is 0 Å². The summed E-state index contributed by atoms with van der Waals surface area (Å²) < 4.78 is 15.6. The lowest BCUT2D eigenvalue weighted by molar-refractivity contribution is -0.147. The number of hydrogen-bond donors (Lipinski definition) is 0. The third kappa shape index (κ3) is 4.92. The van der Waals surface area contributed by atoms with Crippen LogP contribution in [0.3, 0.4) is 0 Å². The molecule has 0 spiro atoms. The molecule has 0 N–H and O–H groups in total. The summed E-state index contributed by atoms with van der Waals surface area (Å²) in [4.78, 5) is 22.1. The van der Waals surface area contributed by atoms with Crippen molar-refractivity contribution in [2.45, 2.75) is 45.3 Å². The van der Waals surface area contributed by atoms with Crippen LogP contribution in [-0.2, 0) is 16.0 Å². The van der Waals surface area contributed by atoms with Gasteiger partial charge in [0.25, 0.3) is 0 Å². The van der Waals surface area contributed by atoms with Gasteiger partial charge >= 0.3 is 0 Å². The first-order chi connectivity index (χ1) is 14.5. The molecule has 0 aliphatic carbocycles. The number of benzene rings is 1. The summed E-state index contributed by atoms with van der Waals surface area (Å²) in [6, 6.07) is 7.99. The summed E-state index contributed by atoms with van der Waals surface area (Å²) in [6.45, 7) is 7.08. The molecule has 2 aliphatic heterocycles. The van der Waals surface area contributed by atoms with Gasteiger partial charge in [0.05, 0.1) is 25.2 Å². The highest BCUT2D eigenvalue weighted by Gasteiger charge is 2.33. The van der Waals surface area contributed by atoms with Crippen molar-refractivity contribution >= 4 is 22.6 Å². The zero-order valence-electron chi connectivity index (χ0n) is 17.9. The average Bonchev–Trinajstić information content (AvgIpc) is 3.21. The van der Waals surface area contributed by atoms with Gasteiger partial charge in [0.15, 0.2) is 0 Å². The molecule has 3 heterocycles. The van der Waals surface area contributed by atoms with Crippen molar-refractivity contribution in [2.24, 2.45) is 5.92 Å². The van der Waals surface area contributed by atoms with Gasteiger partial charge in [0.2, 0.25) is 11.0 Å². The van der Waals surface area contributed by atoms with Crippen LogP contribution in [-0.4, -0.2) is 65.7 Å². The van der Waals surface area contributed by atoms with Crippen molar-refractivity contribution in [3.8, 4) is 5.75 Å². The number of carbonyl (C=O) groups excluding carboxylic acids is 1. The number of nitrogens with zero attached hydrogens (tertiary/aromatic N) is 4. The highest BCUT2D eigenvalue weighted by atomic mass is 32.1. The van der Waals surface area contributed by atoms with Crippen molar-refractivity contribution in [3.05, 3.63) is 35.7 Å². The Morgan fingerprint density at radius 3 is 2.83 bits per heavy atom. The Morgan fingerprint density at radius 1 is 1.27 bits per heavy atom. The summed E-state index contributed by atoms with van der Waals surface area (Å²) in [6.07, 6.45) is 2.80. The predicted molar refractivity (Wildman–Crippen MR) is 117 cm³/mol. The Kier molecular flexibility index (Phi) is 6.53. The quantitative estimate of drug-likeness (QED) is 0.727. The number of anilines is 1. The normalized spacial score (nSPS) is 24.7. The number of amides is 1. The van der Waals surface area contributed by atoms with Gasteiger partial charge in [-0.3, -0.25) is 4.79 Å². The average molecular weight is 431 g/mol. The molecule has 1 aromatic heterocycles. The molecule has 162 valence electrons. The molecule has 3 atom stereocenters. The van der Waals surface area contributed by atoms with Crippen LogP contribution < -0.4 is 9.64 Å². The lowest BCUT2D eigenvalue weighted by atomic mass is 9.96. The minimum atomic E-state index is 0.0157. The number of ether oxygens (including phenoxy) is 2. The van der Waals surface area contributed by atoms with Crippen molar-refractivity contribution < 1.29 is 14.3 Å². The highest BCUT2D eigenvalue weighted by Crippen LogP contribution is 2.27. The van der Waals surface area contributed by atoms with Crippen LogP contribution in [0, 0.1) is 5.92 Å². The minimum absolute atomic E-state index is 0.0157. The van der Waals surface area contributed by atoms with Gasteiger partial charge in [-0.2, -0.15) is 4.37 Å². The SMILES string of the molecule is COc1cccc(Cc2nsc(N3CCCC(C(=O)N4CC(C)OC(C)C4)C3)n2)c1. The zero-order chi connectivity index (χ0) is 21.1. The third-order valence-corrected chi connectivity index (χ3v) is 6.54. The van der Waals surface area contributed by atoms with Crippen molar-refractivity contribution in [1.82, 2.24) is 14.3 Å². The lowest BCUT2D eigenvalue weighted by Crippen LogP contribution is -2.52. The van der Waals surface area contributed by atoms with Gasteiger partial charge in [-0.25, -0.2) is 4.98 Å². The van der Waals surface area contributed by atoms with E-state index in [-0.39, 0.29) is 24.0 Å². The first kappa shape index (κ1) is 21.1. The third-order valence-electron chi connectivity index (χ3n) is 5.73. The topological polar surface area (TPSA) is 67.8 Å². The fourth-order valence-electron chi connectivity index (χ4n) is 4.38. The monoisotopic (exact) mass is 430 g/mol. The molecule has 3 unspecified atom stereocenters. The van der Waals surface area contributed by atoms with E-state index >= 15 is 0 Å². The van der Waals surface area contributed by atoms with Crippen molar-refractivity contribution in [2.75, 3.05) is 38.2 Å². The van der Waals surface area contributed by atoms with Gasteiger partial charge in [-0.05, 0) is 44.4 Å². The molecular formula is C22H30N4O3S. The maximum absolute atomic E-state index is 13.1. The van der Waals surface area contributed by atoms with E-state index in [0.29, 0.717) is 26.1 Å². The van der Waals surface area contributed by atoms with E-state index in [0.717, 1.165) is 41.7 Å². The van der Waals surface area contributed by atoms with Crippen LogP contribution in [0.25, 0.3) is 0 Å². The molecule has 2 aliphatic rings. The van der Waals surface area contributed by atoms with Crippen LogP contribution in [0.4, 0.5) is 5.13 Å². The first-order valence-electron chi connectivity index (χ1n) is 10.7. The molecule has 0 bridgehead atoms. The highest BCUT2D eigenvalue weighted by molar-refractivity contribution is 7.09. The number of carbonyl (C=O) groups is 1. The summed E-state index contributed by atoms with van der Waals surface area (Å²) in [5.74, 6) is 1.92. The minimum Gasteiger partial charge on any atom is -0.497 e. The Balaban J connectivity index is 1.39. The largest absolute Gasteiger partial charge is 0.497 e. The number of aromatic nitrogens is 2. The Labute approximate surface area is 182 Å². The maximum atomic E-state index is 13.1. The summed E-state index contributed by atoms with van der Waals surface area (Å²) in [5, 5.41) is 0.911. The van der Waals surface area contributed by atoms with Crippen LogP contribution >= 0.6 is 11.5 Å². The van der Waals surface area contributed by atoms with Crippen LogP contribution in [0.15, 0.2) is 24.3 Å². The van der Waals surface area contributed by atoms with E-state index in [1.807, 2.05) is 36.9 Å². The van der Waals surface area contributed by atoms with Gasteiger partial charge in [0.1, 0.15) is 11.6 Å². The van der Waals surface area contributed by atoms with E-state index in [9.17, 15) is 4.79 Å². The van der Waals surface area contributed by atoms with Crippen molar-refractivity contribution in [1.29, 1.82) is 0 Å². The second kappa shape index (κ2) is 9.31. The van der Waals surface area contributed by atoms with E-state index in [1.165, 1.54) is 11.5 Å². The molecule has 30 heavy (non-hydrogen) atoms. The summed E-state index contributed by atoms with van der Waals surface area (Å²) in [5.41, 5.74) is 1.13. The Morgan fingerprint density at radius 2 is 2.07 bits per heavy atom. The Hall–Kier alpha value is -2.19. The zero-order valence-corrected chi connectivity index (χ0v) is 18.7. The molecule has 4 rings (SSSR count). The standard InChI is InChI=1S/C22H30N4O3S/c1-15-12-26(13-16(2)29-15)21(27)18-7-5-9-25(14-18)22-23-20(24-30-22)11-17-6-4-8-19(10-17)28-3/h4,6,8,10,15-16,18H,5,7,9,11-14H2,1-3H3. The predicted octanol–water partition coefficient (Wildman–Crippen LogP) is 2.99. The molecule has 1 amide bonds. The number of morpholine rings is 1. The molecule has 8 heteroatoms. The fraction of sp³-hybridized carbons (Fsp3) is 0.591. The second-order valence-corrected chi connectivity index (χ2v) is 9.04. The van der Waals surface area contributed by atoms with E-state index in [2.05, 4.69) is 15.3 Å². The van der Waals surface area contributed by atoms with Gasteiger partial charge < -0.3 is 19.3 Å². The summed E-state index contributed by atoms with van der Waals surface area (Å²) in [7, 11) is 1.67. The molecule has 7 nitrogen and oxygen atoms in total. The number of rotatable bonds is 5. The van der Waals surface area contributed by atoms with Crippen LogP contribution in [0.5, 0.6) is 5.75 Å². The second-order valence-electron chi connectivity index (χ2n) is 8.31. The molecule has 2 fully saturated rings. The van der Waals surface area contributed by atoms with Crippen LogP contribution in [0.1, 0.15) is 38.1 Å². The van der Waals surface area contributed by atoms with E-state index in [1.54, 1.807) is 7.11 Å². The van der Waals surface area contributed by atoms with Crippen molar-refractivity contribution in [3.63, 3.8) is 0 Å². The molecule has 0 saturated carbocycles. The van der Waals surface area contributed by atoms with Crippen LogP contribution in [0.2, 0.25) is 0 Å². The van der Waals surface area contributed by atoms with E-state index in [4.69, 9.17) is 14.5 Å². The molecule has 0 radical (unpaired) electrons. The number of methoxy groups -OCH3 is 1. The van der Waals surface area contributed by atoms with Gasteiger partial charge in [0, 0.05) is 44.1 Å². The van der Waals surface area contributed by atoms with Gasteiger partial charge in [-0.15, -0.1) is 0 Å². The Bertz CT molecular complexity index is 864. The fourth-order valence-corrected chi connectivity index (χ4v) is 5.10. The molecular weight excluding hydrogens is 400 g/mol. The first-order valence-corrected chi connectivity index (χ1v) is 11.4. The molecule has 1 aromatic carbocycles. The maximum Gasteiger partial charge on any atom is 0.227 e. The molecule has 2 aromatic rings. The number of hydrogen-bond acceptors (Lipinski definition) is 7. The summed E-state index contributed by atoms with van der Waals surface area (Å²) >= 11 is 1.42. The molecule has 2 saturated heterocycles.